The van der Waals surface area contributed by atoms with Crippen molar-refractivity contribution in [3.63, 3.8) is 0 Å². The minimum atomic E-state index is -0.883. The summed E-state index contributed by atoms with van der Waals surface area (Å²) < 4.78 is 10.8. The fraction of sp³-hybridized carbons (Fsp3) is 0.300. The van der Waals surface area contributed by atoms with E-state index >= 15 is 0 Å². The van der Waals surface area contributed by atoms with Crippen molar-refractivity contribution in [3.05, 3.63) is 48.4 Å². The number of nitrogens with one attached hydrogen (secondary N) is 1. The van der Waals surface area contributed by atoms with Crippen LogP contribution in [0.15, 0.2) is 47.4 Å². The number of hydrogen-bond acceptors (Lipinski definition) is 8. The Morgan fingerprint density at radius 2 is 2.03 bits per heavy atom. The van der Waals surface area contributed by atoms with E-state index in [1.807, 2.05) is 6.07 Å². The molecule has 2 fully saturated rings. The fourth-order valence-electron chi connectivity index (χ4n) is 3.58. The van der Waals surface area contributed by atoms with Crippen LogP contribution in [-0.2, 0) is 19.1 Å². The molecule has 11 nitrogen and oxygen atoms in total. The van der Waals surface area contributed by atoms with E-state index in [0.29, 0.717) is 11.1 Å². The van der Waals surface area contributed by atoms with Crippen LogP contribution in [0.25, 0.3) is 11.1 Å². The molecule has 31 heavy (non-hydrogen) atoms. The Morgan fingerprint density at radius 3 is 2.74 bits per heavy atom. The molecule has 3 aromatic rings. The molecular formula is C20H19N5O6. The molecule has 11 heteroatoms. The summed E-state index contributed by atoms with van der Waals surface area (Å²) in [4.78, 5) is 44.0. The third-order valence-electron chi connectivity index (χ3n) is 4.98. The second-order valence-corrected chi connectivity index (χ2v) is 6.98. The van der Waals surface area contributed by atoms with Crippen LogP contribution in [-0.4, -0.2) is 62.2 Å². The van der Waals surface area contributed by atoms with Gasteiger partial charge in [0.05, 0.1) is 11.4 Å². The highest BCUT2D eigenvalue weighted by Gasteiger charge is 2.47. The third-order valence-corrected chi connectivity index (χ3v) is 4.98. The maximum Gasteiger partial charge on any atom is 0.290 e. The van der Waals surface area contributed by atoms with Crippen molar-refractivity contribution in [3.8, 4) is 0 Å². The van der Waals surface area contributed by atoms with Crippen LogP contribution in [0, 0.1) is 0 Å². The molecule has 0 radical (unpaired) electrons. The average molecular weight is 425 g/mol. The normalized spacial score (nSPS) is 20.6. The van der Waals surface area contributed by atoms with Crippen molar-refractivity contribution < 1.29 is 28.8 Å². The summed E-state index contributed by atoms with van der Waals surface area (Å²) in [6.45, 7) is -0.382. The predicted octanol–water partition coefficient (Wildman–Crippen LogP) is 1.39. The van der Waals surface area contributed by atoms with Crippen LogP contribution in [0.1, 0.15) is 24.4 Å². The Kier molecular flexibility index (Phi) is 5.85. The number of carbonyl (C=O) groups is 3. The van der Waals surface area contributed by atoms with Crippen LogP contribution < -0.4 is 5.32 Å². The summed E-state index contributed by atoms with van der Waals surface area (Å²) in [6, 6.07) is 6.72. The Hall–Kier alpha value is -3.86. The van der Waals surface area contributed by atoms with Gasteiger partial charge < -0.3 is 24.6 Å². The molecule has 3 aromatic heterocycles. The van der Waals surface area contributed by atoms with Crippen molar-refractivity contribution in [1.82, 2.24) is 20.0 Å². The molecule has 0 unspecified atom stereocenters. The van der Waals surface area contributed by atoms with Gasteiger partial charge in [-0.3, -0.25) is 19.4 Å². The molecule has 1 aliphatic carbocycles. The number of aromatic nitrogens is 3. The Balaban J connectivity index is 0.000000730. The summed E-state index contributed by atoms with van der Waals surface area (Å²) >= 11 is 0. The van der Waals surface area contributed by atoms with Gasteiger partial charge in [-0.05, 0) is 36.6 Å². The highest BCUT2D eigenvalue weighted by atomic mass is 16.5. The van der Waals surface area contributed by atoms with Crippen LogP contribution in [0.5, 0.6) is 0 Å². The molecule has 4 heterocycles. The van der Waals surface area contributed by atoms with Crippen molar-refractivity contribution in [2.45, 2.75) is 31.0 Å². The molecule has 2 aliphatic rings. The van der Waals surface area contributed by atoms with Crippen molar-refractivity contribution in [2.24, 2.45) is 0 Å². The van der Waals surface area contributed by atoms with Gasteiger partial charge in [0.2, 0.25) is 5.91 Å². The first-order valence-electron chi connectivity index (χ1n) is 9.56. The Morgan fingerprint density at radius 1 is 1.26 bits per heavy atom. The standard InChI is InChI=1S/C19H17N5O4.CH2O2/c25-14-10-27-16(15(24(14)12-5-6-12)11-3-1-7-20-9-11)18(26)22-17-13-4-2-8-21-19(13)28-23-17;2-1-3/h1-4,7-9,12,15-16H,5-6,10H2,(H,22,23,26);1H,(H,2,3)/t15-,16+;/m1./s1. The molecule has 1 saturated heterocycles. The Bertz CT molecular complexity index is 1080. The lowest BCUT2D eigenvalue weighted by atomic mass is 9.98. The number of rotatable bonds is 4. The summed E-state index contributed by atoms with van der Waals surface area (Å²) in [5.41, 5.74) is 1.09. The largest absolute Gasteiger partial charge is 0.483 e. The van der Waals surface area contributed by atoms with E-state index in [1.54, 1.807) is 41.7 Å². The zero-order valence-electron chi connectivity index (χ0n) is 16.2. The number of pyridine rings is 2. The van der Waals surface area contributed by atoms with Crippen molar-refractivity contribution in [2.75, 3.05) is 11.9 Å². The van der Waals surface area contributed by atoms with E-state index in [2.05, 4.69) is 20.4 Å². The second kappa shape index (κ2) is 8.88. The summed E-state index contributed by atoms with van der Waals surface area (Å²) in [6.07, 6.45) is 5.87. The number of hydrogen-bond donors (Lipinski definition) is 2. The molecule has 1 saturated carbocycles. The van der Waals surface area contributed by atoms with Gasteiger partial charge in [0.1, 0.15) is 6.61 Å². The number of nitrogens with zero attached hydrogens (tertiary/aromatic N) is 4. The quantitative estimate of drug-likeness (QED) is 0.592. The predicted molar refractivity (Wildman–Crippen MR) is 106 cm³/mol. The highest BCUT2D eigenvalue weighted by Crippen LogP contribution is 2.39. The number of amides is 2. The third kappa shape index (κ3) is 4.21. The maximum absolute atomic E-state index is 13.1. The minimum absolute atomic E-state index is 0.114. The summed E-state index contributed by atoms with van der Waals surface area (Å²) in [7, 11) is 0. The van der Waals surface area contributed by atoms with E-state index in [1.165, 1.54) is 0 Å². The van der Waals surface area contributed by atoms with Gasteiger partial charge in [-0.25, -0.2) is 4.98 Å². The first-order valence-corrected chi connectivity index (χ1v) is 9.56. The zero-order valence-corrected chi connectivity index (χ0v) is 16.2. The van der Waals surface area contributed by atoms with Crippen LogP contribution in [0.3, 0.4) is 0 Å². The molecule has 2 N–H and O–H groups in total. The lowest BCUT2D eigenvalue weighted by Crippen LogP contribution is -2.53. The first kappa shape index (κ1) is 20.4. The molecule has 1 aliphatic heterocycles. The van der Waals surface area contributed by atoms with E-state index in [-0.39, 0.29) is 30.8 Å². The Labute approximate surface area is 176 Å². The van der Waals surface area contributed by atoms with Gasteiger partial charge in [-0.1, -0.05) is 11.2 Å². The van der Waals surface area contributed by atoms with Crippen LogP contribution in [0.2, 0.25) is 0 Å². The van der Waals surface area contributed by atoms with Crippen LogP contribution >= 0.6 is 0 Å². The second-order valence-electron chi connectivity index (χ2n) is 6.98. The van der Waals surface area contributed by atoms with Gasteiger partial charge in [-0.15, -0.1) is 0 Å². The average Bonchev–Trinajstić information content (AvgIpc) is 3.55. The summed E-state index contributed by atoms with van der Waals surface area (Å²) in [5, 5.41) is 14.1. The fourth-order valence-corrected chi connectivity index (χ4v) is 3.58. The first-order chi connectivity index (χ1) is 15.1. The van der Waals surface area contributed by atoms with E-state index in [4.69, 9.17) is 19.2 Å². The smallest absolute Gasteiger partial charge is 0.290 e. The minimum Gasteiger partial charge on any atom is -0.483 e. The highest BCUT2D eigenvalue weighted by molar-refractivity contribution is 6.01. The maximum atomic E-state index is 13.1. The number of ether oxygens (including phenoxy) is 1. The molecular weight excluding hydrogens is 406 g/mol. The van der Waals surface area contributed by atoms with Gasteiger partial charge in [0.25, 0.3) is 18.1 Å². The number of morpholine rings is 1. The summed E-state index contributed by atoms with van der Waals surface area (Å²) in [5.74, 6) is -0.237. The lowest BCUT2D eigenvalue weighted by molar-refractivity contribution is -0.163. The van der Waals surface area contributed by atoms with Gasteiger partial charge in [0.15, 0.2) is 11.9 Å². The SMILES string of the molecule is O=C(Nc1noc2ncccc12)[C@H]1OCC(=O)N(C2CC2)[C@@H]1c1cccnc1.O=CO. The van der Waals surface area contributed by atoms with E-state index in [0.717, 1.165) is 18.4 Å². The molecule has 0 aromatic carbocycles. The molecule has 160 valence electrons. The van der Waals surface area contributed by atoms with Gasteiger partial charge in [-0.2, -0.15) is 0 Å². The molecule has 5 rings (SSSR count). The monoisotopic (exact) mass is 425 g/mol. The molecule has 0 bridgehead atoms. The van der Waals surface area contributed by atoms with E-state index < -0.39 is 18.1 Å². The van der Waals surface area contributed by atoms with Gasteiger partial charge >= 0.3 is 0 Å². The van der Waals surface area contributed by atoms with Crippen LogP contribution in [0.4, 0.5) is 5.82 Å². The van der Waals surface area contributed by atoms with Crippen molar-refractivity contribution >= 4 is 35.2 Å². The molecule has 0 spiro atoms. The molecule has 2 amide bonds. The number of carbonyl (C=O) groups excluding carboxylic acids is 2. The number of fused-ring (bicyclic) bond motifs is 1. The van der Waals surface area contributed by atoms with Crippen molar-refractivity contribution in [1.29, 1.82) is 0 Å². The zero-order chi connectivity index (χ0) is 21.8. The molecule has 2 atom stereocenters. The van der Waals surface area contributed by atoms with E-state index in [9.17, 15) is 9.59 Å². The number of anilines is 1. The number of carboxylic acid groups (broad SMARTS) is 1. The topological polar surface area (TPSA) is 148 Å². The lowest BCUT2D eigenvalue weighted by Gasteiger charge is -2.40. The van der Waals surface area contributed by atoms with Gasteiger partial charge in [0, 0.05) is 24.6 Å².